The maximum absolute atomic E-state index is 12.9. The van der Waals surface area contributed by atoms with E-state index in [0.717, 1.165) is 30.2 Å². The third kappa shape index (κ3) is 2.82. The van der Waals surface area contributed by atoms with Crippen LogP contribution in [0.2, 0.25) is 0 Å². The molecule has 2 aliphatic heterocycles. The third-order valence-corrected chi connectivity index (χ3v) is 4.90. The lowest BCUT2D eigenvalue weighted by atomic mass is 10.0. The summed E-state index contributed by atoms with van der Waals surface area (Å²) in [5, 5.41) is 1.88. The summed E-state index contributed by atoms with van der Waals surface area (Å²) in [4.78, 5) is 19.4. The molecule has 0 aliphatic carbocycles. The summed E-state index contributed by atoms with van der Waals surface area (Å²) < 4.78 is 11.1. The summed E-state index contributed by atoms with van der Waals surface area (Å²) in [5.74, 6) is 1.72. The number of nitrogens with zero attached hydrogens (tertiary/aromatic N) is 2. The maximum atomic E-state index is 12.9. The topological polar surface area (TPSA) is 51.1 Å². The van der Waals surface area contributed by atoms with E-state index in [0.29, 0.717) is 35.2 Å². The van der Waals surface area contributed by atoms with Gasteiger partial charge in [-0.1, -0.05) is 0 Å². The molecule has 5 nitrogen and oxygen atoms in total. The second-order valence-corrected chi connectivity index (χ2v) is 6.62. The van der Waals surface area contributed by atoms with Crippen molar-refractivity contribution in [3.63, 3.8) is 0 Å². The van der Waals surface area contributed by atoms with Crippen molar-refractivity contribution in [2.75, 3.05) is 26.1 Å². The Balaban J connectivity index is 1.83. The molecule has 25 heavy (non-hydrogen) atoms. The number of alkyl halides is 1. The predicted octanol–water partition coefficient (Wildman–Crippen LogP) is 3.79. The minimum Gasteiger partial charge on any atom is -0.493 e. The van der Waals surface area contributed by atoms with Crippen LogP contribution in [-0.2, 0) is 0 Å². The molecule has 0 unspecified atom stereocenters. The van der Waals surface area contributed by atoms with Gasteiger partial charge in [-0.15, -0.1) is 11.6 Å². The fourth-order valence-corrected chi connectivity index (χ4v) is 3.59. The first-order chi connectivity index (χ1) is 12.2. The highest BCUT2D eigenvalue weighted by atomic mass is 35.5. The molecule has 2 aromatic rings. The summed E-state index contributed by atoms with van der Waals surface area (Å²) in [5.41, 5.74) is 1.35. The van der Waals surface area contributed by atoms with Crippen LogP contribution in [0.25, 0.3) is 10.8 Å². The van der Waals surface area contributed by atoms with Gasteiger partial charge in [-0.2, -0.15) is 0 Å². The molecule has 2 aromatic carbocycles. The van der Waals surface area contributed by atoms with E-state index in [2.05, 4.69) is 4.99 Å². The van der Waals surface area contributed by atoms with E-state index in [1.165, 1.54) is 0 Å². The summed E-state index contributed by atoms with van der Waals surface area (Å²) in [7, 11) is 1.60. The van der Waals surface area contributed by atoms with Gasteiger partial charge in [0, 0.05) is 12.8 Å². The van der Waals surface area contributed by atoms with Crippen molar-refractivity contribution in [2.24, 2.45) is 4.99 Å². The number of hydrogen-bond acceptors (Lipinski definition) is 4. The number of rotatable bonds is 4. The Hall–Kier alpha value is -2.27. The van der Waals surface area contributed by atoms with Gasteiger partial charge >= 0.3 is 0 Å². The fraction of sp³-hybridized carbons (Fsp3) is 0.368. The zero-order valence-corrected chi connectivity index (χ0v) is 14.8. The van der Waals surface area contributed by atoms with Crippen molar-refractivity contribution < 1.29 is 14.3 Å². The number of benzene rings is 2. The van der Waals surface area contributed by atoms with E-state index < -0.39 is 0 Å². The minimum atomic E-state index is 0.0540. The Labute approximate surface area is 151 Å². The van der Waals surface area contributed by atoms with Crippen LogP contribution in [0.4, 0.5) is 5.69 Å². The number of carbonyl (C=O) groups excluding carboxylic acids is 1. The number of halogens is 1. The number of ether oxygens (including phenoxy) is 2. The summed E-state index contributed by atoms with van der Waals surface area (Å²) in [6.45, 7) is 1.20. The predicted molar refractivity (Wildman–Crippen MR) is 98.9 cm³/mol. The van der Waals surface area contributed by atoms with Gasteiger partial charge in [0.1, 0.15) is 6.61 Å². The molecule has 1 fully saturated rings. The van der Waals surface area contributed by atoms with Crippen molar-refractivity contribution in [1.29, 1.82) is 0 Å². The van der Waals surface area contributed by atoms with Gasteiger partial charge in [0.05, 0.1) is 30.3 Å². The smallest absolute Gasteiger partial charge is 0.256 e. The Kier molecular flexibility index (Phi) is 4.25. The zero-order chi connectivity index (χ0) is 17.4. The lowest BCUT2D eigenvalue weighted by Crippen LogP contribution is -2.35. The van der Waals surface area contributed by atoms with Gasteiger partial charge in [0.2, 0.25) is 0 Å². The molecule has 0 radical (unpaired) electrons. The van der Waals surface area contributed by atoms with Gasteiger partial charge in [0.15, 0.2) is 11.5 Å². The van der Waals surface area contributed by atoms with Crippen molar-refractivity contribution in [3.8, 4) is 11.5 Å². The van der Waals surface area contributed by atoms with Crippen LogP contribution in [0, 0.1) is 0 Å². The Bertz CT molecular complexity index is 865. The highest BCUT2D eigenvalue weighted by Crippen LogP contribution is 2.37. The van der Waals surface area contributed by atoms with Crippen molar-refractivity contribution in [1.82, 2.24) is 4.90 Å². The summed E-state index contributed by atoms with van der Waals surface area (Å²) in [6.07, 6.45) is 3.91. The maximum Gasteiger partial charge on any atom is 0.256 e. The first-order valence-electron chi connectivity index (χ1n) is 8.41. The molecular weight excluding hydrogens is 340 g/mol. The largest absolute Gasteiger partial charge is 0.493 e. The van der Waals surface area contributed by atoms with Crippen LogP contribution >= 0.6 is 11.6 Å². The summed E-state index contributed by atoms with van der Waals surface area (Å²) >= 11 is 5.71. The summed E-state index contributed by atoms with van der Waals surface area (Å²) in [6, 6.07) is 7.75. The molecule has 2 heterocycles. The van der Waals surface area contributed by atoms with Crippen molar-refractivity contribution in [3.05, 3.63) is 29.8 Å². The number of hydrogen-bond donors (Lipinski definition) is 0. The van der Waals surface area contributed by atoms with Gasteiger partial charge in [-0.25, -0.2) is 0 Å². The molecule has 1 saturated heterocycles. The number of aliphatic imine (C=N–C) groups is 1. The van der Waals surface area contributed by atoms with Crippen LogP contribution in [0.5, 0.6) is 11.5 Å². The SMILES string of the molecule is COc1cc2cc3c(cc2cc1OCCCl)N=C[C@@H]1CCCN1C3=O. The van der Waals surface area contributed by atoms with Crippen molar-refractivity contribution >= 4 is 40.2 Å². The lowest BCUT2D eigenvalue weighted by molar-refractivity contribution is 0.0775. The van der Waals surface area contributed by atoms with E-state index in [1.54, 1.807) is 7.11 Å². The Morgan fingerprint density at radius 3 is 2.84 bits per heavy atom. The van der Waals surface area contributed by atoms with Gasteiger partial charge in [-0.3, -0.25) is 9.79 Å². The van der Waals surface area contributed by atoms with E-state index in [4.69, 9.17) is 21.1 Å². The van der Waals surface area contributed by atoms with Crippen LogP contribution in [0.15, 0.2) is 29.3 Å². The van der Waals surface area contributed by atoms with Gasteiger partial charge in [0.25, 0.3) is 5.91 Å². The molecular formula is C19H19ClN2O3. The molecule has 1 amide bonds. The molecule has 4 rings (SSSR count). The highest BCUT2D eigenvalue weighted by Gasteiger charge is 2.31. The van der Waals surface area contributed by atoms with Crippen LogP contribution in [0.1, 0.15) is 23.2 Å². The molecule has 2 aliphatic rings. The number of carbonyl (C=O) groups is 1. The number of amides is 1. The minimum absolute atomic E-state index is 0.0540. The molecule has 1 atom stereocenters. The second-order valence-electron chi connectivity index (χ2n) is 6.24. The third-order valence-electron chi connectivity index (χ3n) is 4.75. The molecule has 6 heteroatoms. The Morgan fingerprint density at radius 1 is 1.24 bits per heavy atom. The monoisotopic (exact) mass is 358 g/mol. The molecule has 130 valence electrons. The van der Waals surface area contributed by atoms with Gasteiger partial charge < -0.3 is 14.4 Å². The van der Waals surface area contributed by atoms with Crippen molar-refractivity contribution in [2.45, 2.75) is 18.9 Å². The zero-order valence-electron chi connectivity index (χ0n) is 14.0. The number of methoxy groups -OCH3 is 1. The normalized spacial score (nSPS) is 18.9. The second kappa shape index (κ2) is 6.56. The Morgan fingerprint density at radius 2 is 2.04 bits per heavy atom. The van der Waals surface area contributed by atoms with Crippen LogP contribution in [0.3, 0.4) is 0 Å². The molecule has 0 spiro atoms. The molecule has 0 aromatic heterocycles. The van der Waals surface area contributed by atoms with Crippen LogP contribution < -0.4 is 9.47 Å². The molecule has 0 N–H and O–H groups in total. The van der Waals surface area contributed by atoms with E-state index in [1.807, 2.05) is 35.4 Å². The fourth-order valence-electron chi connectivity index (χ4n) is 3.52. The first-order valence-corrected chi connectivity index (χ1v) is 8.94. The average molecular weight is 359 g/mol. The lowest BCUT2D eigenvalue weighted by Gasteiger charge is -2.20. The van der Waals surface area contributed by atoms with E-state index in [9.17, 15) is 4.79 Å². The van der Waals surface area contributed by atoms with E-state index in [-0.39, 0.29) is 11.9 Å². The first kappa shape index (κ1) is 16.2. The number of fused-ring (bicyclic) bond motifs is 3. The van der Waals surface area contributed by atoms with E-state index >= 15 is 0 Å². The standard InChI is InChI=1S/C19H19ClN2O3/c1-24-17-9-12-7-15-16(8-13(12)10-18(17)25-6-4-20)21-11-14-3-2-5-22(14)19(15)23/h7-11,14H,2-6H2,1H3/t14-/m0/s1. The van der Waals surface area contributed by atoms with Crippen LogP contribution in [-0.4, -0.2) is 49.2 Å². The average Bonchev–Trinajstić information content (AvgIpc) is 3.06. The quantitative estimate of drug-likeness (QED) is 0.781. The molecule has 0 bridgehead atoms. The highest BCUT2D eigenvalue weighted by molar-refractivity contribution is 6.18. The molecule has 0 saturated carbocycles. The van der Waals surface area contributed by atoms with Gasteiger partial charge in [-0.05, 0) is 47.9 Å².